The minimum absolute atomic E-state index is 0.265. The number of carbonyl (C=O) groups is 1. The maximum absolute atomic E-state index is 12.2. The van der Waals surface area contributed by atoms with Crippen LogP contribution in [0.2, 0.25) is 0 Å². The number of amides is 2. The molecule has 2 aliphatic heterocycles. The van der Waals surface area contributed by atoms with Gasteiger partial charge in [0.2, 0.25) is 0 Å². The second-order valence-corrected chi connectivity index (χ2v) is 8.62. The molecule has 1 saturated heterocycles. The maximum atomic E-state index is 12.2. The van der Waals surface area contributed by atoms with E-state index in [0.29, 0.717) is 30.5 Å². The number of anilines is 3. The summed E-state index contributed by atoms with van der Waals surface area (Å²) >= 11 is 0. The van der Waals surface area contributed by atoms with Gasteiger partial charge in [0, 0.05) is 55.8 Å². The van der Waals surface area contributed by atoms with Crippen molar-refractivity contribution in [3.63, 3.8) is 0 Å². The minimum atomic E-state index is -0.346. The first-order valence-corrected chi connectivity index (χ1v) is 11.1. The predicted octanol–water partition coefficient (Wildman–Crippen LogP) is 2.69. The summed E-state index contributed by atoms with van der Waals surface area (Å²) in [5.41, 5.74) is 3.87. The first kappa shape index (κ1) is 21.4. The fraction of sp³-hybridized carbons (Fsp3) is 0.391. The van der Waals surface area contributed by atoms with Crippen LogP contribution in [0.25, 0.3) is 11.4 Å². The molecule has 2 aromatic heterocycles. The first-order valence-electron chi connectivity index (χ1n) is 11.1. The summed E-state index contributed by atoms with van der Waals surface area (Å²) in [4.78, 5) is 26.7. The molecule has 3 aromatic rings. The van der Waals surface area contributed by atoms with Crippen molar-refractivity contribution in [3.8, 4) is 11.4 Å². The standard InChI is InChI=1S/C23H28N8O2/c1-15-14-33-11-10-31(15)22-18-12-29(2)13-19(18)25-21(27-22)16-4-6-17(7-5-16)24-23(32)26-20-8-9-30(3)28-20/h4-9,15H,10-14H2,1-3H3,(H2,24,26,28,32)/t15-/m0/s1. The number of nitrogens with one attached hydrogen (secondary N) is 2. The molecule has 4 heterocycles. The van der Waals surface area contributed by atoms with Crippen LogP contribution in [-0.4, -0.2) is 63.5 Å². The topological polar surface area (TPSA) is 100 Å². The fourth-order valence-corrected chi connectivity index (χ4v) is 4.26. The lowest BCUT2D eigenvalue weighted by atomic mass is 10.1. The molecule has 0 bridgehead atoms. The van der Waals surface area contributed by atoms with Gasteiger partial charge in [-0.25, -0.2) is 14.8 Å². The number of urea groups is 1. The molecule has 172 valence electrons. The Morgan fingerprint density at radius 3 is 2.64 bits per heavy atom. The quantitative estimate of drug-likeness (QED) is 0.633. The van der Waals surface area contributed by atoms with Crippen molar-refractivity contribution < 1.29 is 9.53 Å². The second-order valence-electron chi connectivity index (χ2n) is 8.62. The van der Waals surface area contributed by atoms with Crippen LogP contribution < -0.4 is 15.5 Å². The van der Waals surface area contributed by atoms with E-state index >= 15 is 0 Å². The highest BCUT2D eigenvalue weighted by Gasteiger charge is 2.29. The number of fused-ring (bicyclic) bond motifs is 1. The van der Waals surface area contributed by atoms with Crippen LogP contribution in [0.5, 0.6) is 0 Å². The van der Waals surface area contributed by atoms with Gasteiger partial charge >= 0.3 is 6.03 Å². The lowest BCUT2D eigenvalue weighted by Crippen LogP contribution is -2.44. The summed E-state index contributed by atoms with van der Waals surface area (Å²) < 4.78 is 7.26. The molecule has 5 rings (SSSR count). The van der Waals surface area contributed by atoms with E-state index < -0.39 is 0 Å². The summed E-state index contributed by atoms with van der Waals surface area (Å²) in [7, 11) is 3.90. The average molecular weight is 449 g/mol. The van der Waals surface area contributed by atoms with Crippen molar-refractivity contribution in [2.75, 3.05) is 42.3 Å². The summed E-state index contributed by atoms with van der Waals surface area (Å²) in [5, 5.41) is 9.68. The second kappa shape index (κ2) is 8.80. The average Bonchev–Trinajstić information content (AvgIpc) is 3.38. The number of aryl methyl sites for hydroxylation is 1. The van der Waals surface area contributed by atoms with Crippen molar-refractivity contribution >= 4 is 23.4 Å². The summed E-state index contributed by atoms with van der Waals surface area (Å²) in [6, 6.07) is 9.23. The van der Waals surface area contributed by atoms with Gasteiger partial charge in [-0.15, -0.1) is 0 Å². The van der Waals surface area contributed by atoms with Crippen LogP contribution in [0.1, 0.15) is 18.2 Å². The molecule has 2 N–H and O–H groups in total. The van der Waals surface area contributed by atoms with E-state index in [-0.39, 0.29) is 12.1 Å². The summed E-state index contributed by atoms with van der Waals surface area (Å²) in [6.45, 7) is 6.05. The molecular weight excluding hydrogens is 420 g/mol. The van der Waals surface area contributed by atoms with Gasteiger partial charge in [-0.3, -0.25) is 14.9 Å². The van der Waals surface area contributed by atoms with Crippen molar-refractivity contribution in [2.24, 2.45) is 7.05 Å². The number of aromatic nitrogens is 4. The third-order valence-corrected chi connectivity index (χ3v) is 5.91. The highest BCUT2D eigenvalue weighted by atomic mass is 16.5. The number of hydrogen-bond donors (Lipinski definition) is 2. The van der Waals surface area contributed by atoms with Gasteiger partial charge in [-0.1, -0.05) is 0 Å². The largest absolute Gasteiger partial charge is 0.377 e. The third kappa shape index (κ3) is 4.53. The number of morpholine rings is 1. The SMILES string of the molecule is C[C@H]1COCCN1c1nc(-c2ccc(NC(=O)Nc3ccn(C)n3)cc2)nc2c1CN(C)C2. The number of hydrogen-bond acceptors (Lipinski definition) is 7. The molecule has 2 aliphatic rings. The smallest absolute Gasteiger partial charge is 0.324 e. The van der Waals surface area contributed by atoms with Crippen molar-refractivity contribution in [1.29, 1.82) is 0 Å². The molecule has 0 unspecified atom stereocenters. The Morgan fingerprint density at radius 2 is 1.91 bits per heavy atom. The van der Waals surface area contributed by atoms with Gasteiger partial charge in [-0.2, -0.15) is 5.10 Å². The lowest BCUT2D eigenvalue weighted by Gasteiger charge is -2.35. The highest BCUT2D eigenvalue weighted by molar-refractivity contribution is 5.99. The molecule has 0 saturated carbocycles. The van der Waals surface area contributed by atoms with Crippen molar-refractivity contribution in [2.45, 2.75) is 26.1 Å². The normalized spacial score (nSPS) is 18.3. The molecule has 0 aliphatic carbocycles. The number of benzene rings is 1. The van der Waals surface area contributed by atoms with Gasteiger partial charge in [-0.05, 0) is 38.2 Å². The number of ether oxygens (including phenoxy) is 1. The van der Waals surface area contributed by atoms with Gasteiger partial charge in [0.05, 0.1) is 24.9 Å². The Bertz CT molecular complexity index is 1160. The first-order chi connectivity index (χ1) is 16.0. The minimum Gasteiger partial charge on any atom is -0.377 e. The van der Waals surface area contributed by atoms with Gasteiger partial charge in [0.1, 0.15) is 5.82 Å². The Morgan fingerprint density at radius 1 is 1.09 bits per heavy atom. The number of carbonyl (C=O) groups excluding carboxylic acids is 1. The zero-order chi connectivity index (χ0) is 22.9. The zero-order valence-electron chi connectivity index (χ0n) is 19.1. The van der Waals surface area contributed by atoms with Crippen LogP contribution in [0, 0.1) is 0 Å². The number of rotatable bonds is 4. The number of nitrogens with zero attached hydrogens (tertiary/aromatic N) is 6. The molecule has 1 fully saturated rings. The van der Waals surface area contributed by atoms with Crippen LogP contribution in [0.4, 0.5) is 22.1 Å². The van der Waals surface area contributed by atoms with Gasteiger partial charge in [0.25, 0.3) is 0 Å². The van der Waals surface area contributed by atoms with Crippen LogP contribution in [-0.2, 0) is 24.9 Å². The molecule has 33 heavy (non-hydrogen) atoms. The molecular formula is C23H28N8O2. The van der Waals surface area contributed by atoms with Crippen LogP contribution >= 0.6 is 0 Å². The Labute approximate surface area is 192 Å². The van der Waals surface area contributed by atoms with E-state index in [9.17, 15) is 4.79 Å². The summed E-state index contributed by atoms with van der Waals surface area (Å²) in [6.07, 6.45) is 1.77. The molecule has 10 nitrogen and oxygen atoms in total. The molecule has 1 aromatic carbocycles. The Balaban J connectivity index is 1.37. The molecule has 2 amide bonds. The van der Waals surface area contributed by atoms with Crippen molar-refractivity contribution in [1.82, 2.24) is 24.6 Å². The summed E-state index contributed by atoms with van der Waals surface area (Å²) in [5.74, 6) is 2.20. The lowest BCUT2D eigenvalue weighted by molar-refractivity contribution is 0.0984. The van der Waals surface area contributed by atoms with E-state index in [4.69, 9.17) is 14.7 Å². The Hall–Kier alpha value is -3.50. The van der Waals surface area contributed by atoms with Gasteiger partial charge < -0.3 is 15.0 Å². The van der Waals surface area contributed by atoms with Crippen LogP contribution in [0.15, 0.2) is 36.5 Å². The molecule has 0 spiro atoms. The molecule has 0 radical (unpaired) electrons. The third-order valence-electron chi connectivity index (χ3n) is 5.91. The van der Waals surface area contributed by atoms with Gasteiger partial charge in [0.15, 0.2) is 11.6 Å². The van der Waals surface area contributed by atoms with E-state index in [1.165, 1.54) is 5.56 Å². The van der Waals surface area contributed by atoms with E-state index in [1.807, 2.05) is 24.3 Å². The van der Waals surface area contributed by atoms with Crippen molar-refractivity contribution in [3.05, 3.63) is 47.8 Å². The maximum Gasteiger partial charge on any atom is 0.324 e. The fourth-order valence-electron chi connectivity index (χ4n) is 4.26. The highest BCUT2D eigenvalue weighted by Crippen LogP contribution is 2.33. The predicted molar refractivity (Wildman–Crippen MR) is 126 cm³/mol. The van der Waals surface area contributed by atoms with E-state index in [1.54, 1.807) is 24.0 Å². The molecule has 10 heteroatoms. The van der Waals surface area contributed by atoms with Crippen LogP contribution in [0.3, 0.4) is 0 Å². The molecule has 1 atom stereocenters. The monoisotopic (exact) mass is 448 g/mol. The van der Waals surface area contributed by atoms with E-state index in [0.717, 1.165) is 36.7 Å². The Kier molecular flexibility index (Phi) is 5.69. The zero-order valence-corrected chi connectivity index (χ0v) is 19.1. The van der Waals surface area contributed by atoms with E-state index in [2.05, 4.69) is 39.5 Å².